The third-order valence-electron chi connectivity index (χ3n) is 19.3. The van der Waals surface area contributed by atoms with Crippen LogP contribution in [0, 0.1) is 35.0 Å². The molecule has 50 heteroatoms. The number of carboxylic acid groups (broad SMARTS) is 4. The smallest absolute Gasteiger partial charge is 0.326 e. The highest BCUT2D eigenvalue weighted by molar-refractivity contribution is 7.85. The monoisotopic (exact) mass is 1830 g/mol. The Morgan fingerprint density at radius 1 is 0.460 bits per heavy atom. The second-order valence-corrected chi connectivity index (χ2v) is 32.7. The summed E-state index contributed by atoms with van der Waals surface area (Å²) in [5.74, 6) is -24.7. The third kappa shape index (κ3) is 40.7. The van der Waals surface area contributed by atoms with Gasteiger partial charge in [0, 0.05) is 44.1 Å². The number of benzene rings is 1. The lowest BCUT2D eigenvalue weighted by atomic mass is 9.95. The minimum Gasteiger partial charge on any atom is -0.481 e. The summed E-state index contributed by atoms with van der Waals surface area (Å²) in [6.07, 6.45) is -2.03. The molecule has 0 fully saturated rings. The molecule has 1 aromatic heterocycles. The van der Waals surface area contributed by atoms with E-state index in [0.29, 0.717) is 6.42 Å². The fourth-order valence-electron chi connectivity index (χ4n) is 11.8. The highest BCUT2D eigenvalue weighted by Crippen LogP contribution is 2.18. The van der Waals surface area contributed by atoms with Crippen LogP contribution in [0.1, 0.15) is 166 Å². The van der Waals surface area contributed by atoms with Crippen LogP contribution in [0.25, 0.3) is 0 Å². The molecule has 0 bridgehead atoms. The number of primary amides is 1. The van der Waals surface area contributed by atoms with Crippen molar-refractivity contribution in [2.45, 2.75) is 250 Å². The number of nitrogens with zero attached hydrogens (tertiary/aromatic N) is 1. The predicted molar refractivity (Wildman–Crippen MR) is 451 cm³/mol. The van der Waals surface area contributed by atoms with E-state index in [-0.39, 0.29) is 67.0 Å². The van der Waals surface area contributed by atoms with E-state index < -0.39 is 288 Å². The number of amides is 15. The predicted octanol–water partition coefficient (Wildman–Crippen LogP) is -5.09. The summed E-state index contributed by atoms with van der Waals surface area (Å²) in [5, 5.41) is 87.6. The summed E-state index contributed by atoms with van der Waals surface area (Å²) in [5.41, 5.74) is 11.1. The average Bonchev–Trinajstić information content (AvgIpc) is 0.918. The molecule has 0 aliphatic heterocycles. The van der Waals surface area contributed by atoms with Gasteiger partial charge < -0.3 is 127 Å². The van der Waals surface area contributed by atoms with Gasteiger partial charge in [0.15, 0.2) is 11.1 Å². The van der Waals surface area contributed by atoms with Crippen LogP contribution >= 0.6 is 12.2 Å². The van der Waals surface area contributed by atoms with Crippen molar-refractivity contribution in [2.24, 2.45) is 41.1 Å². The van der Waals surface area contributed by atoms with Crippen molar-refractivity contribution in [3.8, 4) is 0 Å². The van der Waals surface area contributed by atoms with Gasteiger partial charge in [-0.15, -0.1) is 0 Å². The molecule has 15 amide bonds. The van der Waals surface area contributed by atoms with Gasteiger partial charge in [-0.1, -0.05) is 82.1 Å². The highest BCUT2D eigenvalue weighted by atomic mass is 32.2. The first-order valence-corrected chi connectivity index (χ1v) is 42.2. The lowest BCUT2D eigenvalue weighted by Crippen LogP contribution is -2.61. The quantitative estimate of drug-likeness (QED) is 0.00969. The largest absolute Gasteiger partial charge is 0.481 e. The number of thiocarbonyl (C=S) groups is 1. The number of imidazole rings is 1. The van der Waals surface area contributed by atoms with Crippen LogP contribution in [0.5, 0.6) is 0 Å². The number of anilines is 1. The summed E-state index contributed by atoms with van der Waals surface area (Å²) in [7, 11) is -4.52. The zero-order valence-corrected chi connectivity index (χ0v) is 73.5. The standard InChI is InChI=1S/C76H120N22O26S2/c1-13-38(9)60(96-69(115)51(30-57(106)107)93-63(109)41(12)85-65(111)46(22-25-55(102)103)91-71(117)59(37(7)8)98-76(125)87-42-17-19-44(20-18-42)126(122,123)124)72(118)86-40(11)62(108)82-32-54(101)89-50(29-43-31-80-34-84-43)64(110)83-33-53(100)88-45(21-24-52(77)99)66(112)90-47(23-26-56(104)105)67(113)95-58(36(5)6)70(116)94-49(28-35(3)4)68(114)97-61(39(10)14-2)73(119)92-48(74(120)121)16-15-27-81-75(78)79/h17-20,31,34-41,45-51,58-61H,13-16,21-30,32-33H2,1-12H3,(H2,77,99)(H,80,84)(H,82,108)(H,83,110)(H,85,111)(H,86,118)(H,88,100)(H,89,101)(H,90,112)(H,91,117)(H,92,119)(H,93,109)(H,94,116)(H,95,113)(H,96,115)(H,97,114)(H,102,103)(H,104,105)(H,106,107)(H,120,121)(H4,78,79,81)(H2,87,98,125)(H,122,123,124)/t38-,39-,40-,41-,45-,46-,47-,48-,49-,50-,51-,58-,59-,60-,61-/m0/s1/i17+1,18+1,19+1,20+1,42+1,44+1. The molecule has 0 unspecified atom stereocenters. The third-order valence-corrected chi connectivity index (χ3v) is 20.4. The maximum Gasteiger partial charge on any atom is 0.326 e. The van der Waals surface area contributed by atoms with E-state index in [1.165, 1.54) is 52.4 Å². The first kappa shape index (κ1) is 109. The number of carbonyl (C=O) groups excluding carboxylic acids is 15. The van der Waals surface area contributed by atoms with Gasteiger partial charge in [-0.05, 0) is 118 Å². The zero-order chi connectivity index (χ0) is 95.7. The van der Waals surface area contributed by atoms with Gasteiger partial charge in [-0.25, -0.2) is 9.78 Å². The number of aromatic nitrogens is 2. The van der Waals surface area contributed by atoms with E-state index in [9.17, 15) is 124 Å². The Hall–Kier alpha value is -12.8. The second-order valence-electron chi connectivity index (χ2n) is 30.9. The topological polar surface area (TPSA) is 769 Å². The fourth-order valence-corrected chi connectivity index (χ4v) is 12.5. The van der Waals surface area contributed by atoms with Crippen LogP contribution in [0.2, 0.25) is 0 Å². The molecule has 702 valence electrons. The van der Waals surface area contributed by atoms with Crippen molar-refractivity contribution < 1.29 is 124 Å². The number of hydrogen-bond acceptors (Lipinski definition) is 24. The molecule has 48 nitrogen and oxygen atoms in total. The summed E-state index contributed by atoms with van der Waals surface area (Å²) in [4.78, 5) is 260. The lowest BCUT2D eigenvalue weighted by molar-refractivity contribution is -0.143. The molecule has 1 heterocycles. The molecule has 0 radical (unpaired) electrons. The van der Waals surface area contributed by atoms with Crippen molar-refractivity contribution in [1.82, 2.24) is 95.0 Å². The van der Waals surface area contributed by atoms with E-state index in [1.807, 2.05) is 0 Å². The molecular formula is C76H120N22O26S2. The van der Waals surface area contributed by atoms with Crippen LogP contribution < -0.4 is 102 Å². The van der Waals surface area contributed by atoms with Gasteiger partial charge in [0.05, 0.1) is 36.4 Å². The molecule has 28 N–H and O–H groups in total. The summed E-state index contributed by atoms with van der Waals surface area (Å²) < 4.78 is 32.3. The number of carbonyl (C=O) groups is 19. The minimum atomic E-state index is -4.52. The minimum absolute atomic E-state index is 0.0278. The Labute approximate surface area is 731 Å². The van der Waals surface area contributed by atoms with Crippen LogP contribution in [-0.4, -0.2) is 265 Å². The molecular weight excluding hydrogens is 1710 g/mol. The molecule has 1 aromatic carbocycles. The molecule has 0 aliphatic carbocycles. The highest BCUT2D eigenvalue weighted by Gasteiger charge is 2.39. The van der Waals surface area contributed by atoms with Crippen LogP contribution in [0.15, 0.2) is 41.7 Å². The van der Waals surface area contributed by atoms with Crippen molar-refractivity contribution in [3.63, 3.8) is 0 Å². The summed E-state index contributed by atoms with van der Waals surface area (Å²) in [6.45, 7) is 16.7. The number of rotatable bonds is 57. The molecule has 0 aliphatic rings. The molecule has 2 rings (SSSR count). The van der Waals surface area contributed by atoms with Crippen molar-refractivity contribution in [1.29, 1.82) is 5.41 Å². The number of nitrogens with one attached hydrogen (secondary N) is 19. The zero-order valence-electron chi connectivity index (χ0n) is 71.9. The normalized spacial score (nSPS) is 14.8. The Balaban J connectivity index is 2.27. The van der Waals surface area contributed by atoms with Gasteiger partial charge in [0.25, 0.3) is 10.1 Å². The van der Waals surface area contributed by atoms with Gasteiger partial charge >= 0.3 is 23.9 Å². The Bertz CT molecular complexity index is 4290. The van der Waals surface area contributed by atoms with Crippen molar-refractivity contribution in [2.75, 3.05) is 25.0 Å². The van der Waals surface area contributed by atoms with Crippen molar-refractivity contribution >= 4 is 152 Å². The first-order chi connectivity index (χ1) is 58.8. The number of aliphatic carboxylic acids is 4. The Morgan fingerprint density at radius 3 is 1.34 bits per heavy atom. The maximum atomic E-state index is 14.2. The number of guanidine groups is 1. The van der Waals surface area contributed by atoms with Crippen LogP contribution in [-0.2, 0) is 108 Å². The van der Waals surface area contributed by atoms with Gasteiger partial charge in [-0.3, -0.25) is 96.3 Å². The van der Waals surface area contributed by atoms with E-state index in [1.54, 1.807) is 48.5 Å². The molecule has 0 spiro atoms. The average molecular weight is 1830 g/mol. The lowest BCUT2D eigenvalue weighted by Gasteiger charge is -2.30. The first-order valence-electron chi connectivity index (χ1n) is 40.3. The fraction of sp³-hybridized carbons (Fsp3) is 0.605. The molecule has 126 heavy (non-hydrogen) atoms. The van der Waals surface area contributed by atoms with Crippen molar-refractivity contribution in [3.05, 3.63) is 42.5 Å². The van der Waals surface area contributed by atoms with E-state index in [2.05, 4.69) is 100 Å². The molecule has 2 aromatic rings. The number of H-pyrrole nitrogens is 1. The van der Waals surface area contributed by atoms with Crippen LogP contribution in [0.3, 0.4) is 0 Å². The van der Waals surface area contributed by atoms with Crippen LogP contribution in [0.4, 0.5) is 5.69 Å². The number of nitrogens with two attached hydrogens (primary N) is 2. The molecule has 0 saturated heterocycles. The number of aromatic amines is 1. The second kappa shape index (κ2) is 54.1. The van der Waals surface area contributed by atoms with E-state index >= 15 is 0 Å². The van der Waals surface area contributed by atoms with Gasteiger partial charge in [0.1, 0.15) is 78.5 Å². The summed E-state index contributed by atoms with van der Waals surface area (Å²) in [6, 6.07) is -15.5. The molecule has 15 atom stereocenters. The van der Waals surface area contributed by atoms with Gasteiger partial charge in [0.2, 0.25) is 88.6 Å². The number of hydrogen-bond donors (Lipinski definition) is 26. The maximum absolute atomic E-state index is 14.2. The summed E-state index contributed by atoms with van der Waals surface area (Å²) >= 11 is 5.33. The van der Waals surface area contributed by atoms with E-state index in [0.717, 1.165) is 19.1 Å². The molecule has 0 saturated carbocycles. The Kier molecular flexibility index (Phi) is 46.9. The Morgan fingerprint density at radius 2 is 0.873 bits per heavy atom. The van der Waals surface area contributed by atoms with E-state index in [4.69, 9.17) is 29.1 Å². The van der Waals surface area contributed by atoms with Gasteiger partial charge in [-0.2, -0.15) is 8.42 Å². The SMILES string of the molecule is CC[C@H](C)[C@H](NC(=O)[C@H](CC(=O)O)NC(=O)[C@H](C)NC(=O)[C@H](CCC(=O)O)NC(=O)[C@@H](NC(=S)N[13c]1[13cH][13cH][13c](S(=O)(=O)O)[13cH][13cH]1)C(C)C)C(=O)N[C@@H](C)C(=O)NCC(=O)N[C@@H](Cc1c[nH]cn1)C(=O)NCC(=O)N[C@@H](CCC(N)=O)C(=O)N[C@@H](CCC(=O)O)C(=O)N[C@H](C(=O)N[C@@H](CC(C)C)C(=O)N[C@H](C(=O)N[C@@H](CCCNC(=N)N)C(=O)O)[C@@H](C)CC)C(C)C. The number of carboxylic acids is 4.